The monoisotopic (exact) mass is 373 g/mol. The zero-order chi connectivity index (χ0) is 19.4. The highest BCUT2D eigenvalue weighted by Gasteiger charge is 2.18. The summed E-state index contributed by atoms with van der Waals surface area (Å²) in [7, 11) is 0. The van der Waals surface area contributed by atoms with Crippen LogP contribution in [-0.2, 0) is 0 Å². The molecule has 0 radical (unpaired) electrons. The van der Waals surface area contributed by atoms with Crippen LogP contribution in [0.2, 0.25) is 0 Å². The minimum absolute atomic E-state index is 0.569. The van der Waals surface area contributed by atoms with Gasteiger partial charge in [0.2, 0.25) is 0 Å². The molecule has 2 aromatic heterocycles. The first kappa shape index (κ1) is 15.9. The van der Waals surface area contributed by atoms with Crippen molar-refractivity contribution in [1.82, 2.24) is 20.2 Å². The predicted molar refractivity (Wildman–Crippen MR) is 117 cm³/mol. The number of aromatic nitrogens is 4. The van der Waals surface area contributed by atoms with Crippen LogP contribution in [0, 0.1) is 0 Å². The number of nitrogens with zero attached hydrogens (tertiary/aromatic N) is 4. The molecule has 0 bridgehead atoms. The lowest BCUT2D eigenvalue weighted by Gasteiger charge is -2.14. The number of anilines is 1. The molecule has 6 rings (SSSR count). The first-order chi connectivity index (χ1) is 14.3. The summed E-state index contributed by atoms with van der Waals surface area (Å²) in [5.74, 6) is 0.685. The van der Waals surface area contributed by atoms with Crippen LogP contribution in [0.4, 0.5) is 5.69 Å². The van der Waals surface area contributed by atoms with Crippen LogP contribution in [0.5, 0.6) is 0 Å². The van der Waals surface area contributed by atoms with E-state index in [1.165, 1.54) is 0 Å². The third kappa shape index (κ3) is 2.34. The van der Waals surface area contributed by atoms with Crippen molar-refractivity contribution in [3.8, 4) is 22.6 Å². The third-order valence-corrected chi connectivity index (χ3v) is 5.28. The Balaban J connectivity index is 1.74. The standard InChI is InChI=1S/C24H15N5/c25-17-13-19-21-18(26-24(27-19)15-9-5-2-6-10-15)12-11-16-20(21)23(17)29-28-22(16)14-7-3-1-4-8-14/h1-13H,25H2. The third-order valence-electron chi connectivity index (χ3n) is 5.28. The summed E-state index contributed by atoms with van der Waals surface area (Å²) in [5.41, 5.74) is 12.1. The Morgan fingerprint density at radius 2 is 1.31 bits per heavy atom. The normalized spacial score (nSPS) is 11.6. The molecule has 136 valence electrons. The van der Waals surface area contributed by atoms with Crippen molar-refractivity contribution in [3.05, 3.63) is 78.9 Å². The highest BCUT2D eigenvalue weighted by molar-refractivity contribution is 6.25. The number of nitrogens with two attached hydrogens (primary N) is 1. The molecule has 2 N–H and O–H groups in total. The zero-order valence-electron chi connectivity index (χ0n) is 15.4. The number of hydrogen-bond donors (Lipinski definition) is 1. The molecule has 2 heterocycles. The van der Waals surface area contributed by atoms with Gasteiger partial charge in [-0.25, -0.2) is 9.97 Å². The van der Waals surface area contributed by atoms with Crippen molar-refractivity contribution in [1.29, 1.82) is 0 Å². The Morgan fingerprint density at radius 1 is 0.621 bits per heavy atom. The molecular weight excluding hydrogens is 358 g/mol. The number of hydrogen-bond acceptors (Lipinski definition) is 5. The molecule has 0 aliphatic rings. The van der Waals surface area contributed by atoms with Gasteiger partial charge in [-0.05, 0) is 18.2 Å². The van der Waals surface area contributed by atoms with Gasteiger partial charge in [0.25, 0.3) is 0 Å². The smallest absolute Gasteiger partial charge is 0.160 e. The van der Waals surface area contributed by atoms with Gasteiger partial charge in [-0.1, -0.05) is 60.7 Å². The summed E-state index contributed by atoms with van der Waals surface area (Å²) in [6, 6.07) is 26.0. The maximum Gasteiger partial charge on any atom is 0.160 e. The fraction of sp³-hybridized carbons (Fsp3) is 0. The van der Waals surface area contributed by atoms with Crippen LogP contribution in [0.15, 0.2) is 78.9 Å². The molecule has 29 heavy (non-hydrogen) atoms. The van der Waals surface area contributed by atoms with Crippen LogP contribution in [0.25, 0.3) is 55.4 Å². The number of benzene rings is 4. The van der Waals surface area contributed by atoms with Gasteiger partial charge < -0.3 is 5.73 Å². The van der Waals surface area contributed by atoms with Crippen LogP contribution in [-0.4, -0.2) is 20.2 Å². The van der Waals surface area contributed by atoms with E-state index in [9.17, 15) is 0 Å². The van der Waals surface area contributed by atoms with E-state index in [4.69, 9.17) is 15.7 Å². The van der Waals surface area contributed by atoms with Crippen LogP contribution < -0.4 is 5.73 Å². The number of rotatable bonds is 2. The Kier molecular flexibility index (Phi) is 3.25. The van der Waals surface area contributed by atoms with Gasteiger partial charge in [0.15, 0.2) is 5.82 Å². The zero-order valence-corrected chi connectivity index (χ0v) is 15.4. The molecule has 0 saturated carbocycles. The Labute approximate surface area is 166 Å². The van der Waals surface area contributed by atoms with Crippen molar-refractivity contribution in [2.45, 2.75) is 0 Å². The minimum Gasteiger partial charge on any atom is -0.397 e. The SMILES string of the molecule is Nc1cc2nc(-c3ccccc3)nc3ccc4c(-c5ccccc5)nnc1c4c32. The molecule has 0 fully saturated rings. The average molecular weight is 373 g/mol. The minimum atomic E-state index is 0.569. The Bertz CT molecular complexity index is 1490. The molecule has 4 aromatic carbocycles. The van der Waals surface area contributed by atoms with E-state index in [0.29, 0.717) is 17.0 Å². The Morgan fingerprint density at radius 3 is 2.07 bits per heavy atom. The van der Waals surface area contributed by atoms with Crippen LogP contribution >= 0.6 is 0 Å². The van der Waals surface area contributed by atoms with Gasteiger partial charge in [-0.3, -0.25) is 0 Å². The van der Waals surface area contributed by atoms with Gasteiger partial charge in [0.1, 0.15) is 11.2 Å². The maximum absolute atomic E-state index is 6.36. The van der Waals surface area contributed by atoms with Gasteiger partial charge in [-0.15, -0.1) is 10.2 Å². The van der Waals surface area contributed by atoms with E-state index < -0.39 is 0 Å². The van der Waals surface area contributed by atoms with Gasteiger partial charge >= 0.3 is 0 Å². The topological polar surface area (TPSA) is 77.6 Å². The molecule has 0 atom stereocenters. The summed E-state index contributed by atoms with van der Waals surface area (Å²) in [6.45, 7) is 0. The van der Waals surface area contributed by atoms with E-state index >= 15 is 0 Å². The lowest BCUT2D eigenvalue weighted by atomic mass is 9.97. The van der Waals surface area contributed by atoms with E-state index in [-0.39, 0.29) is 0 Å². The fourth-order valence-electron chi connectivity index (χ4n) is 3.95. The van der Waals surface area contributed by atoms with E-state index in [1.807, 2.05) is 72.8 Å². The van der Waals surface area contributed by atoms with Gasteiger partial charge in [0.05, 0.1) is 16.7 Å². The second kappa shape index (κ2) is 5.94. The summed E-state index contributed by atoms with van der Waals surface area (Å²) >= 11 is 0. The van der Waals surface area contributed by atoms with Crippen molar-refractivity contribution in [2.24, 2.45) is 0 Å². The first-order valence-corrected chi connectivity index (χ1v) is 9.39. The van der Waals surface area contributed by atoms with Crippen molar-refractivity contribution in [2.75, 3.05) is 5.73 Å². The van der Waals surface area contributed by atoms with Crippen molar-refractivity contribution < 1.29 is 0 Å². The largest absolute Gasteiger partial charge is 0.397 e. The van der Waals surface area contributed by atoms with Crippen molar-refractivity contribution in [3.63, 3.8) is 0 Å². The maximum atomic E-state index is 6.36. The summed E-state index contributed by atoms with van der Waals surface area (Å²) in [5, 5.41) is 11.9. The predicted octanol–water partition coefficient (Wildman–Crippen LogP) is 5.08. The molecule has 0 unspecified atom stereocenters. The molecule has 6 aromatic rings. The lowest BCUT2D eigenvalue weighted by Crippen LogP contribution is -2.00. The van der Waals surface area contributed by atoms with Gasteiger partial charge in [-0.2, -0.15) is 0 Å². The Hall–Kier alpha value is -4.12. The average Bonchev–Trinajstić information content (AvgIpc) is 2.78. The van der Waals surface area contributed by atoms with E-state index in [2.05, 4.69) is 16.3 Å². The second-order valence-corrected chi connectivity index (χ2v) is 7.04. The lowest BCUT2D eigenvalue weighted by molar-refractivity contribution is 1.09. The van der Waals surface area contributed by atoms with Crippen LogP contribution in [0.1, 0.15) is 0 Å². The van der Waals surface area contributed by atoms with E-state index in [1.54, 1.807) is 0 Å². The molecule has 5 heteroatoms. The molecule has 0 aliphatic heterocycles. The fourth-order valence-corrected chi connectivity index (χ4v) is 3.95. The number of nitrogen functional groups attached to an aromatic ring is 1. The molecule has 0 aliphatic carbocycles. The molecule has 5 nitrogen and oxygen atoms in total. The molecule has 0 saturated heterocycles. The molecule has 0 amide bonds. The summed E-state index contributed by atoms with van der Waals surface area (Å²) in [4.78, 5) is 9.65. The first-order valence-electron chi connectivity index (χ1n) is 9.39. The van der Waals surface area contributed by atoms with E-state index in [0.717, 1.165) is 44.0 Å². The second-order valence-electron chi connectivity index (χ2n) is 7.04. The summed E-state index contributed by atoms with van der Waals surface area (Å²) in [6.07, 6.45) is 0. The summed E-state index contributed by atoms with van der Waals surface area (Å²) < 4.78 is 0. The quantitative estimate of drug-likeness (QED) is 0.338. The van der Waals surface area contributed by atoms with Crippen LogP contribution in [0.3, 0.4) is 0 Å². The highest BCUT2D eigenvalue weighted by atomic mass is 15.1. The van der Waals surface area contributed by atoms with Gasteiger partial charge in [0, 0.05) is 27.3 Å². The molecular formula is C24H15N5. The molecule has 0 spiro atoms. The highest BCUT2D eigenvalue weighted by Crippen LogP contribution is 2.39. The van der Waals surface area contributed by atoms with Crippen molar-refractivity contribution >= 4 is 38.4 Å².